The van der Waals surface area contributed by atoms with Gasteiger partial charge in [0.1, 0.15) is 0 Å². The number of nitrogens with zero attached hydrogens (tertiary/aromatic N) is 1. The molecule has 8 heteroatoms. The van der Waals surface area contributed by atoms with Crippen molar-refractivity contribution in [3.63, 3.8) is 0 Å². The molecule has 0 unspecified atom stereocenters. The summed E-state index contributed by atoms with van der Waals surface area (Å²) in [5.74, 6) is -0.452. The van der Waals surface area contributed by atoms with Crippen LogP contribution in [0.1, 0.15) is 11.1 Å². The number of hydrogen-bond donors (Lipinski definition) is 3. The van der Waals surface area contributed by atoms with Crippen LogP contribution in [0.3, 0.4) is 0 Å². The van der Waals surface area contributed by atoms with Gasteiger partial charge in [0.25, 0.3) is 5.69 Å². The number of carbonyl (C=O) groups is 2. The number of nitrogens with one attached hydrogen (secondary N) is 3. The van der Waals surface area contributed by atoms with Gasteiger partial charge in [-0.1, -0.05) is 36.4 Å². The number of nitro benzene ring substituents is 1. The number of aryl methyl sites for hydroxylation is 1. The van der Waals surface area contributed by atoms with Gasteiger partial charge < -0.3 is 16.0 Å². The molecule has 0 aliphatic heterocycles. The SMILES string of the molecule is Cc1ccc(NC(=O)Nc2ccccc2)cc1NC(=O)/C=C/c1ccccc1[N+](=O)[O-]. The van der Waals surface area contributed by atoms with Gasteiger partial charge in [-0.2, -0.15) is 0 Å². The number of para-hydroxylation sites is 2. The van der Waals surface area contributed by atoms with Crippen molar-refractivity contribution >= 4 is 40.8 Å². The zero-order valence-corrected chi connectivity index (χ0v) is 16.7. The van der Waals surface area contributed by atoms with Crippen molar-refractivity contribution in [3.05, 3.63) is 100 Å². The third-order valence-corrected chi connectivity index (χ3v) is 4.33. The molecule has 0 bridgehead atoms. The zero-order valence-electron chi connectivity index (χ0n) is 16.7. The van der Waals surface area contributed by atoms with E-state index in [9.17, 15) is 19.7 Å². The van der Waals surface area contributed by atoms with Crippen LogP contribution in [0.15, 0.2) is 78.9 Å². The van der Waals surface area contributed by atoms with Gasteiger partial charge in [-0.3, -0.25) is 14.9 Å². The van der Waals surface area contributed by atoms with Crippen molar-refractivity contribution in [2.75, 3.05) is 16.0 Å². The van der Waals surface area contributed by atoms with Gasteiger partial charge in [-0.05, 0) is 48.9 Å². The summed E-state index contributed by atoms with van der Waals surface area (Å²) in [4.78, 5) is 35.1. The molecule has 0 aromatic heterocycles. The summed E-state index contributed by atoms with van der Waals surface area (Å²) >= 11 is 0. The molecular weight excluding hydrogens is 396 g/mol. The fraction of sp³-hybridized carbons (Fsp3) is 0.0435. The number of urea groups is 1. The molecule has 3 aromatic carbocycles. The van der Waals surface area contributed by atoms with Crippen molar-refractivity contribution in [3.8, 4) is 0 Å². The molecule has 3 rings (SSSR count). The molecule has 156 valence electrons. The predicted octanol–water partition coefficient (Wildman–Crippen LogP) is 5.20. The third kappa shape index (κ3) is 6.01. The van der Waals surface area contributed by atoms with Crippen LogP contribution in [0.5, 0.6) is 0 Å². The van der Waals surface area contributed by atoms with E-state index in [2.05, 4.69) is 16.0 Å². The molecule has 8 nitrogen and oxygen atoms in total. The molecule has 31 heavy (non-hydrogen) atoms. The maximum Gasteiger partial charge on any atom is 0.323 e. The molecule has 0 saturated heterocycles. The van der Waals surface area contributed by atoms with E-state index < -0.39 is 16.9 Å². The molecule has 0 atom stereocenters. The lowest BCUT2D eigenvalue weighted by molar-refractivity contribution is -0.385. The van der Waals surface area contributed by atoms with E-state index in [1.165, 1.54) is 18.2 Å². The van der Waals surface area contributed by atoms with E-state index in [-0.39, 0.29) is 5.69 Å². The highest BCUT2D eigenvalue weighted by Gasteiger charge is 2.10. The van der Waals surface area contributed by atoms with E-state index in [1.54, 1.807) is 48.5 Å². The highest BCUT2D eigenvalue weighted by Crippen LogP contribution is 2.22. The van der Waals surface area contributed by atoms with Crippen LogP contribution in [-0.4, -0.2) is 16.9 Å². The van der Waals surface area contributed by atoms with E-state index in [4.69, 9.17) is 0 Å². The lowest BCUT2D eigenvalue weighted by atomic mass is 10.1. The minimum absolute atomic E-state index is 0.0849. The zero-order chi connectivity index (χ0) is 22.2. The fourth-order valence-electron chi connectivity index (χ4n) is 2.78. The van der Waals surface area contributed by atoms with Crippen molar-refractivity contribution in [1.29, 1.82) is 0 Å². The van der Waals surface area contributed by atoms with Crippen LogP contribution in [0.2, 0.25) is 0 Å². The monoisotopic (exact) mass is 416 g/mol. The maximum absolute atomic E-state index is 12.3. The lowest BCUT2D eigenvalue weighted by Crippen LogP contribution is -2.19. The van der Waals surface area contributed by atoms with Gasteiger partial charge in [0, 0.05) is 29.2 Å². The first-order chi connectivity index (χ1) is 14.9. The van der Waals surface area contributed by atoms with E-state index in [0.717, 1.165) is 5.56 Å². The van der Waals surface area contributed by atoms with Gasteiger partial charge in [0.05, 0.1) is 10.5 Å². The smallest absolute Gasteiger partial charge is 0.322 e. The second-order valence-corrected chi connectivity index (χ2v) is 6.61. The molecule has 0 aliphatic carbocycles. The van der Waals surface area contributed by atoms with Crippen molar-refractivity contribution in [1.82, 2.24) is 0 Å². The topological polar surface area (TPSA) is 113 Å². The second kappa shape index (κ2) is 9.84. The van der Waals surface area contributed by atoms with Crippen LogP contribution in [-0.2, 0) is 4.79 Å². The number of anilines is 3. The van der Waals surface area contributed by atoms with Crippen LogP contribution < -0.4 is 16.0 Å². The molecular formula is C23H20N4O4. The summed E-state index contributed by atoms with van der Waals surface area (Å²) in [7, 11) is 0. The summed E-state index contributed by atoms with van der Waals surface area (Å²) in [5, 5.41) is 19.2. The maximum atomic E-state index is 12.3. The molecule has 0 fully saturated rings. The average molecular weight is 416 g/mol. The highest BCUT2D eigenvalue weighted by molar-refractivity contribution is 6.04. The molecule has 0 spiro atoms. The largest absolute Gasteiger partial charge is 0.323 e. The van der Waals surface area contributed by atoms with Crippen molar-refractivity contribution in [2.45, 2.75) is 6.92 Å². The van der Waals surface area contributed by atoms with Gasteiger partial charge in [0.15, 0.2) is 0 Å². The third-order valence-electron chi connectivity index (χ3n) is 4.33. The van der Waals surface area contributed by atoms with Gasteiger partial charge >= 0.3 is 6.03 Å². The van der Waals surface area contributed by atoms with Crippen molar-refractivity contribution < 1.29 is 14.5 Å². The Labute approximate surface area is 178 Å². The standard InChI is InChI=1S/C23H20N4O4/c1-16-11-13-19(25-23(29)24-18-8-3-2-4-9-18)15-20(16)26-22(28)14-12-17-7-5-6-10-21(17)27(30)31/h2-15H,1H3,(H,26,28)(H2,24,25,29)/b14-12+. The predicted molar refractivity (Wildman–Crippen MR) is 121 cm³/mol. The Kier molecular flexibility index (Phi) is 6.74. The summed E-state index contributed by atoms with van der Waals surface area (Å²) in [6, 6.07) is 19.9. The quantitative estimate of drug-likeness (QED) is 0.291. The Morgan fingerprint density at radius 3 is 2.29 bits per heavy atom. The van der Waals surface area contributed by atoms with Crippen LogP contribution in [0.4, 0.5) is 27.5 Å². The van der Waals surface area contributed by atoms with Crippen LogP contribution in [0.25, 0.3) is 6.08 Å². The molecule has 3 N–H and O–H groups in total. The Bertz CT molecular complexity index is 1140. The minimum Gasteiger partial charge on any atom is -0.322 e. The second-order valence-electron chi connectivity index (χ2n) is 6.61. The van der Waals surface area contributed by atoms with Crippen molar-refractivity contribution in [2.24, 2.45) is 0 Å². The normalized spacial score (nSPS) is 10.5. The molecule has 0 heterocycles. The molecule has 0 saturated carbocycles. The highest BCUT2D eigenvalue weighted by atomic mass is 16.6. The van der Waals surface area contributed by atoms with E-state index >= 15 is 0 Å². The number of benzene rings is 3. The Morgan fingerprint density at radius 1 is 0.871 bits per heavy atom. The molecule has 0 aliphatic rings. The average Bonchev–Trinajstić information content (AvgIpc) is 2.75. The summed E-state index contributed by atoms with van der Waals surface area (Å²) in [5.41, 5.74) is 2.69. The minimum atomic E-state index is -0.503. The Morgan fingerprint density at radius 2 is 1.55 bits per heavy atom. The first kappa shape index (κ1) is 21.3. The number of carbonyl (C=O) groups excluding carboxylic acids is 2. The lowest BCUT2D eigenvalue weighted by Gasteiger charge is -2.11. The summed E-state index contributed by atoms with van der Waals surface area (Å²) in [6.07, 6.45) is 2.61. The molecule has 3 aromatic rings. The van der Waals surface area contributed by atoms with Crippen LogP contribution in [0, 0.1) is 17.0 Å². The number of hydrogen-bond acceptors (Lipinski definition) is 4. The van der Waals surface area contributed by atoms with Crippen LogP contribution >= 0.6 is 0 Å². The van der Waals surface area contributed by atoms with E-state index in [0.29, 0.717) is 22.6 Å². The van der Waals surface area contributed by atoms with E-state index in [1.807, 2.05) is 25.1 Å². The number of nitro groups is 1. The molecule has 3 amide bonds. The fourth-order valence-corrected chi connectivity index (χ4v) is 2.78. The Hall–Kier alpha value is -4.46. The first-order valence-corrected chi connectivity index (χ1v) is 9.38. The van der Waals surface area contributed by atoms with Gasteiger partial charge in [0.2, 0.25) is 5.91 Å². The first-order valence-electron chi connectivity index (χ1n) is 9.38. The molecule has 0 radical (unpaired) electrons. The summed E-state index contributed by atoms with van der Waals surface area (Å²) < 4.78 is 0. The number of rotatable bonds is 6. The van der Waals surface area contributed by atoms with Gasteiger partial charge in [-0.15, -0.1) is 0 Å². The van der Waals surface area contributed by atoms with Gasteiger partial charge in [-0.25, -0.2) is 4.79 Å². The number of amides is 3. The summed E-state index contributed by atoms with van der Waals surface area (Å²) in [6.45, 7) is 1.81. The Balaban J connectivity index is 1.67.